The van der Waals surface area contributed by atoms with Gasteiger partial charge in [0.25, 0.3) is 0 Å². The lowest BCUT2D eigenvalue weighted by atomic mass is 10.1. The smallest absolute Gasteiger partial charge is 0.231 e. The molecule has 2 aromatic rings. The molecule has 22 heavy (non-hydrogen) atoms. The molecule has 1 aliphatic heterocycles. The highest BCUT2D eigenvalue weighted by molar-refractivity contribution is 6.14. The largest absolute Gasteiger partial charge is 0.489 e. The van der Waals surface area contributed by atoms with Crippen molar-refractivity contribution in [2.24, 2.45) is 0 Å². The quantitative estimate of drug-likeness (QED) is 0.637. The maximum atomic E-state index is 12.3. The number of hydrogen-bond donors (Lipinski definition) is 0. The highest BCUT2D eigenvalue weighted by Gasteiger charge is 2.27. The molecule has 2 heterocycles. The van der Waals surface area contributed by atoms with Crippen LogP contribution in [0.2, 0.25) is 0 Å². The highest BCUT2D eigenvalue weighted by atomic mass is 16.5. The summed E-state index contributed by atoms with van der Waals surface area (Å²) in [6, 6.07) is 8.84. The van der Waals surface area contributed by atoms with Gasteiger partial charge in [-0.05, 0) is 48.4 Å². The van der Waals surface area contributed by atoms with E-state index in [4.69, 9.17) is 9.47 Å². The lowest BCUT2D eigenvalue weighted by molar-refractivity contribution is 0.101. The molecular formula is C18H15NO3. The van der Waals surface area contributed by atoms with E-state index < -0.39 is 0 Å². The summed E-state index contributed by atoms with van der Waals surface area (Å²) in [6.45, 7) is 6.12. The molecule has 0 aliphatic carbocycles. The van der Waals surface area contributed by atoms with Crippen LogP contribution in [0.4, 0.5) is 0 Å². The number of carbonyl (C=O) groups is 1. The Labute approximate surface area is 128 Å². The van der Waals surface area contributed by atoms with Crippen molar-refractivity contribution in [3.05, 3.63) is 71.8 Å². The number of benzene rings is 1. The standard InChI is InChI=1S/C18H15NO3/c1-12(2)11-21-14-3-4-15-16(10-14)22-17(18(15)20)9-13-5-7-19-8-6-13/h3-10H,1,11H2,2H3. The molecule has 1 aliphatic rings. The number of ether oxygens (including phenoxy) is 2. The topological polar surface area (TPSA) is 48.4 Å². The number of nitrogens with zero attached hydrogens (tertiary/aromatic N) is 1. The van der Waals surface area contributed by atoms with Crippen LogP contribution in [0.3, 0.4) is 0 Å². The van der Waals surface area contributed by atoms with Crippen LogP contribution >= 0.6 is 0 Å². The molecule has 0 radical (unpaired) electrons. The summed E-state index contributed by atoms with van der Waals surface area (Å²) in [6.07, 6.45) is 5.05. The first kappa shape index (κ1) is 14.1. The van der Waals surface area contributed by atoms with Crippen molar-refractivity contribution in [2.45, 2.75) is 6.92 Å². The SMILES string of the molecule is C=C(C)COc1ccc2c(c1)OC(=Cc1ccncc1)C2=O. The maximum Gasteiger partial charge on any atom is 0.231 e. The Bertz CT molecular complexity index is 763. The van der Waals surface area contributed by atoms with E-state index in [1.54, 1.807) is 36.7 Å². The summed E-state index contributed by atoms with van der Waals surface area (Å²) in [5.41, 5.74) is 2.34. The highest BCUT2D eigenvalue weighted by Crippen LogP contribution is 2.34. The molecule has 0 atom stereocenters. The van der Waals surface area contributed by atoms with Gasteiger partial charge >= 0.3 is 0 Å². The molecule has 110 valence electrons. The van der Waals surface area contributed by atoms with Crippen LogP contribution < -0.4 is 9.47 Å². The molecule has 3 rings (SSSR count). The minimum atomic E-state index is -0.127. The van der Waals surface area contributed by atoms with Gasteiger partial charge in [-0.25, -0.2) is 0 Å². The first-order chi connectivity index (χ1) is 10.6. The number of fused-ring (bicyclic) bond motifs is 1. The van der Waals surface area contributed by atoms with E-state index in [9.17, 15) is 4.79 Å². The molecule has 4 heteroatoms. The van der Waals surface area contributed by atoms with Gasteiger partial charge in [0.2, 0.25) is 5.78 Å². The van der Waals surface area contributed by atoms with E-state index in [1.807, 2.05) is 19.1 Å². The summed E-state index contributed by atoms with van der Waals surface area (Å²) < 4.78 is 11.2. The average molecular weight is 293 g/mol. The van der Waals surface area contributed by atoms with Crippen LogP contribution in [0.5, 0.6) is 11.5 Å². The van der Waals surface area contributed by atoms with E-state index in [0.29, 0.717) is 29.4 Å². The zero-order valence-electron chi connectivity index (χ0n) is 12.2. The zero-order valence-corrected chi connectivity index (χ0v) is 12.2. The fourth-order valence-corrected chi connectivity index (χ4v) is 2.07. The Morgan fingerprint density at radius 2 is 2.09 bits per heavy atom. The van der Waals surface area contributed by atoms with Gasteiger partial charge < -0.3 is 9.47 Å². The van der Waals surface area contributed by atoms with Gasteiger partial charge in [0, 0.05) is 18.5 Å². The molecular weight excluding hydrogens is 278 g/mol. The lowest BCUT2D eigenvalue weighted by Crippen LogP contribution is -1.98. The lowest BCUT2D eigenvalue weighted by Gasteiger charge is -2.06. The van der Waals surface area contributed by atoms with Gasteiger partial charge in [-0.3, -0.25) is 9.78 Å². The van der Waals surface area contributed by atoms with E-state index in [2.05, 4.69) is 11.6 Å². The first-order valence-corrected chi connectivity index (χ1v) is 6.89. The molecule has 0 fully saturated rings. The molecule has 4 nitrogen and oxygen atoms in total. The van der Waals surface area contributed by atoms with Crippen molar-refractivity contribution in [3.63, 3.8) is 0 Å². The normalized spacial score (nSPS) is 14.6. The summed E-state index contributed by atoms with van der Waals surface area (Å²) in [7, 11) is 0. The van der Waals surface area contributed by atoms with Gasteiger partial charge in [-0.2, -0.15) is 0 Å². The fraction of sp³-hybridized carbons (Fsp3) is 0.111. The maximum absolute atomic E-state index is 12.3. The predicted molar refractivity (Wildman–Crippen MR) is 83.9 cm³/mol. The van der Waals surface area contributed by atoms with Gasteiger partial charge in [0.1, 0.15) is 18.1 Å². The molecule has 0 saturated carbocycles. The second kappa shape index (κ2) is 5.85. The van der Waals surface area contributed by atoms with Crippen molar-refractivity contribution in [3.8, 4) is 11.5 Å². The Balaban J connectivity index is 1.84. The van der Waals surface area contributed by atoms with Gasteiger partial charge in [0.05, 0.1) is 5.56 Å². The fourth-order valence-electron chi connectivity index (χ4n) is 2.07. The van der Waals surface area contributed by atoms with E-state index in [1.165, 1.54) is 0 Å². The zero-order chi connectivity index (χ0) is 15.5. The number of carbonyl (C=O) groups excluding carboxylic acids is 1. The van der Waals surface area contributed by atoms with Crippen molar-refractivity contribution in [1.82, 2.24) is 4.98 Å². The number of Topliss-reactive ketones (excluding diaryl/α,β-unsaturated/α-hetero) is 1. The van der Waals surface area contributed by atoms with Crippen LogP contribution in [-0.4, -0.2) is 17.4 Å². The van der Waals surface area contributed by atoms with Crippen molar-refractivity contribution < 1.29 is 14.3 Å². The average Bonchev–Trinajstić information content (AvgIpc) is 2.82. The van der Waals surface area contributed by atoms with Crippen LogP contribution in [0.25, 0.3) is 6.08 Å². The monoisotopic (exact) mass is 293 g/mol. The van der Waals surface area contributed by atoms with Crippen LogP contribution in [0.1, 0.15) is 22.8 Å². The number of hydrogen-bond acceptors (Lipinski definition) is 4. The minimum Gasteiger partial charge on any atom is -0.489 e. The molecule has 0 saturated heterocycles. The van der Waals surface area contributed by atoms with E-state index >= 15 is 0 Å². The number of ketones is 1. The number of rotatable bonds is 4. The molecule has 0 amide bonds. The third-order valence-electron chi connectivity index (χ3n) is 3.13. The minimum absolute atomic E-state index is 0.127. The second-order valence-electron chi connectivity index (χ2n) is 5.12. The second-order valence-corrected chi connectivity index (χ2v) is 5.12. The van der Waals surface area contributed by atoms with Gasteiger partial charge in [-0.1, -0.05) is 6.58 Å². The summed E-state index contributed by atoms with van der Waals surface area (Å²) >= 11 is 0. The van der Waals surface area contributed by atoms with Gasteiger partial charge in [0.15, 0.2) is 5.76 Å². The molecule has 0 N–H and O–H groups in total. The van der Waals surface area contributed by atoms with E-state index in [0.717, 1.165) is 11.1 Å². The summed E-state index contributed by atoms with van der Waals surface area (Å²) in [5, 5.41) is 0. The van der Waals surface area contributed by atoms with Crippen LogP contribution in [0, 0.1) is 0 Å². The van der Waals surface area contributed by atoms with Crippen molar-refractivity contribution >= 4 is 11.9 Å². The predicted octanol–water partition coefficient (Wildman–Crippen LogP) is 3.65. The molecule has 0 bridgehead atoms. The van der Waals surface area contributed by atoms with Gasteiger partial charge in [-0.15, -0.1) is 0 Å². The third kappa shape index (κ3) is 2.91. The number of aromatic nitrogens is 1. The summed E-state index contributed by atoms with van der Waals surface area (Å²) in [4.78, 5) is 16.3. The summed E-state index contributed by atoms with van der Waals surface area (Å²) in [5.74, 6) is 1.35. The number of pyridine rings is 1. The van der Waals surface area contributed by atoms with E-state index in [-0.39, 0.29) is 5.78 Å². The Kier molecular flexibility index (Phi) is 3.74. The van der Waals surface area contributed by atoms with Crippen molar-refractivity contribution in [1.29, 1.82) is 0 Å². The van der Waals surface area contributed by atoms with Crippen LogP contribution in [-0.2, 0) is 0 Å². The number of allylic oxidation sites excluding steroid dienone is 1. The third-order valence-corrected chi connectivity index (χ3v) is 3.13. The molecule has 1 aromatic heterocycles. The molecule has 1 aromatic carbocycles. The molecule has 0 unspecified atom stereocenters. The Hall–Kier alpha value is -2.88. The Morgan fingerprint density at radius 1 is 1.32 bits per heavy atom. The van der Waals surface area contributed by atoms with Crippen LogP contribution in [0.15, 0.2) is 60.6 Å². The Morgan fingerprint density at radius 3 is 2.82 bits per heavy atom. The molecule has 0 spiro atoms. The first-order valence-electron chi connectivity index (χ1n) is 6.89. The van der Waals surface area contributed by atoms with Crippen molar-refractivity contribution in [2.75, 3.05) is 6.61 Å².